The molecule has 1 aromatic carbocycles. The number of hydrogen-bond donors (Lipinski definition) is 2. The fourth-order valence-corrected chi connectivity index (χ4v) is 3.19. The molecule has 0 spiro atoms. The fourth-order valence-electron chi connectivity index (χ4n) is 3.19. The van der Waals surface area contributed by atoms with Crippen LogP contribution in [0, 0.1) is 19.8 Å². The molecule has 0 aliphatic carbocycles. The number of benzene rings is 1. The number of aromatic nitrogens is 1. The van der Waals surface area contributed by atoms with Gasteiger partial charge in [0.2, 0.25) is 0 Å². The molecule has 1 amide bonds. The quantitative estimate of drug-likeness (QED) is 0.892. The normalized spacial score (nSPS) is 18.3. The van der Waals surface area contributed by atoms with Crippen LogP contribution in [0.15, 0.2) is 36.5 Å². The number of nitrogens with one attached hydrogen (secondary N) is 2. The maximum atomic E-state index is 11.9. The van der Waals surface area contributed by atoms with Gasteiger partial charge < -0.3 is 10.3 Å². The lowest BCUT2D eigenvalue weighted by Gasteiger charge is -2.17. The lowest BCUT2D eigenvalue weighted by Crippen LogP contribution is -2.31. The summed E-state index contributed by atoms with van der Waals surface area (Å²) >= 11 is 0. The van der Waals surface area contributed by atoms with Gasteiger partial charge >= 0.3 is 0 Å². The molecule has 1 saturated heterocycles. The van der Waals surface area contributed by atoms with Gasteiger partial charge in [0.1, 0.15) is 5.69 Å². The molecule has 1 aliphatic rings. The molecule has 122 valence electrons. The maximum Gasteiger partial charge on any atom is 0.267 e. The summed E-state index contributed by atoms with van der Waals surface area (Å²) in [6.45, 7) is 8.23. The van der Waals surface area contributed by atoms with Crippen LogP contribution >= 0.6 is 0 Å². The smallest absolute Gasteiger partial charge is 0.267 e. The van der Waals surface area contributed by atoms with E-state index in [1.54, 1.807) is 12.3 Å². The van der Waals surface area contributed by atoms with Crippen LogP contribution in [0.1, 0.15) is 33.6 Å². The Kier molecular flexibility index (Phi) is 4.82. The number of H-pyrrole nitrogens is 1. The molecule has 0 radical (unpaired) electrons. The van der Waals surface area contributed by atoms with Crippen LogP contribution in [0.4, 0.5) is 0 Å². The zero-order valence-electron chi connectivity index (χ0n) is 13.9. The Morgan fingerprint density at radius 3 is 2.91 bits per heavy atom. The summed E-state index contributed by atoms with van der Waals surface area (Å²) in [6.07, 6.45) is 2.92. The lowest BCUT2D eigenvalue weighted by molar-refractivity contribution is 0.0943. The Bertz CT molecular complexity index is 663. The summed E-state index contributed by atoms with van der Waals surface area (Å²) < 4.78 is 0. The van der Waals surface area contributed by atoms with Crippen LogP contribution in [0.2, 0.25) is 0 Å². The second-order valence-electron chi connectivity index (χ2n) is 6.60. The first kappa shape index (κ1) is 15.8. The monoisotopic (exact) mass is 311 g/mol. The van der Waals surface area contributed by atoms with E-state index in [4.69, 9.17) is 0 Å². The topological polar surface area (TPSA) is 48.1 Å². The highest BCUT2D eigenvalue weighted by atomic mass is 16.1. The van der Waals surface area contributed by atoms with Crippen molar-refractivity contribution >= 4 is 5.91 Å². The number of carbonyl (C=O) groups is 1. The largest absolute Gasteiger partial charge is 0.357 e. The summed E-state index contributed by atoms with van der Waals surface area (Å²) in [5, 5.41) is 3.03. The molecule has 0 bridgehead atoms. The van der Waals surface area contributed by atoms with Crippen LogP contribution in [0.5, 0.6) is 0 Å². The van der Waals surface area contributed by atoms with Gasteiger partial charge in [-0.2, -0.15) is 0 Å². The average Bonchev–Trinajstić information content (AvgIpc) is 3.20. The van der Waals surface area contributed by atoms with Crippen molar-refractivity contribution < 1.29 is 4.79 Å². The molecule has 4 heteroatoms. The first-order valence-corrected chi connectivity index (χ1v) is 8.32. The molecule has 1 fully saturated rings. The Morgan fingerprint density at radius 1 is 1.30 bits per heavy atom. The third-order valence-corrected chi connectivity index (χ3v) is 4.74. The Labute approximate surface area is 137 Å². The molecule has 2 N–H and O–H groups in total. The second-order valence-corrected chi connectivity index (χ2v) is 6.60. The van der Waals surface area contributed by atoms with Gasteiger partial charge in [-0.3, -0.25) is 9.69 Å². The molecule has 1 aromatic heterocycles. The van der Waals surface area contributed by atoms with Crippen molar-refractivity contribution in [1.82, 2.24) is 15.2 Å². The molecule has 4 nitrogen and oxygen atoms in total. The van der Waals surface area contributed by atoms with Crippen molar-refractivity contribution in [2.45, 2.75) is 26.8 Å². The standard InChI is InChI=1S/C19H25N3O/c1-14-5-6-16(10-15(14)2)12-22-9-7-17(13-22)11-21-19(23)18-4-3-8-20-18/h3-6,8,10,17,20H,7,9,11-13H2,1-2H3,(H,21,23). The van der Waals surface area contributed by atoms with Crippen molar-refractivity contribution in [2.75, 3.05) is 19.6 Å². The molecule has 1 aliphatic heterocycles. The third-order valence-electron chi connectivity index (χ3n) is 4.74. The fraction of sp³-hybridized carbons (Fsp3) is 0.421. The van der Waals surface area contributed by atoms with Crippen LogP contribution < -0.4 is 5.32 Å². The maximum absolute atomic E-state index is 11.9. The van der Waals surface area contributed by atoms with Gasteiger partial charge in [0.15, 0.2) is 0 Å². The lowest BCUT2D eigenvalue weighted by atomic mass is 10.1. The Morgan fingerprint density at radius 2 is 2.17 bits per heavy atom. The average molecular weight is 311 g/mol. The third kappa shape index (κ3) is 4.02. The number of hydrogen-bond acceptors (Lipinski definition) is 2. The molecule has 1 atom stereocenters. The molecular formula is C19H25N3O. The summed E-state index contributed by atoms with van der Waals surface area (Å²) in [5.74, 6) is 0.531. The van der Waals surface area contributed by atoms with Crippen molar-refractivity contribution in [2.24, 2.45) is 5.92 Å². The van der Waals surface area contributed by atoms with E-state index in [1.165, 1.54) is 16.7 Å². The number of aromatic amines is 1. The van der Waals surface area contributed by atoms with E-state index < -0.39 is 0 Å². The van der Waals surface area contributed by atoms with Gasteiger partial charge in [0.05, 0.1) is 0 Å². The molecule has 2 aromatic rings. The van der Waals surface area contributed by atoms with Gasteiger partial charge in [-0.05, 0) is 61.6 Å². The van der Waals surface area contributed by atoms with Gasteiger partial charge in [0.25, 0.3) is 5.91 Å². The van der Waals surface area contributed by atoms with E-state index in [0.29, 0.717) is 11.6 Å². The number of nitrogens with zero attached hydrogens (tertiary/aromatic N) is 1. The SMILES string of the molecule is Cc1ccc(CN2CCC(CNC(=O)c3ccc[nH]3)C2)cc1C. The van der Waals surface area contributed by atoms with Gasteiger partial charge in [-0.1, -0.05) is 18.2 Å². The molecule has 2 heterocycles. The minimum absolute atomic E-state index is 0.0115. The summed E-state index contributed by atoms with van der Waals surface area (Å²) in [6, 6.07) is 10.4. The molecule has 23 heavy (non-hydrogen) atoms. The molecule has 0 saturated carbocycles. The number of aryl methyl sites for hydroxylation is 2. The number of rotatable bonds is 5. The van der Waals surface area contributed by atoms with Gasteiger partial charge in [0, 0.05) is 25.8 Å². The van der Waals surface area contributed by atoms with Crippen molar-refractivity contribution in [1.29, 1.82) is 0 Å². The molecule has 3 rings (SSSR count). The first-order chi connectivity index (χ1) is 11.1. The van der Waals surface area contributed by atoms with E-state index in [-0.39, 0.29) is 5.91 Å². The number of amides is 1. The van der Waals surface area contributed by atoms with E-state index in [0.717, 1.165) is 32.6 Å². The van der Waals surface area contributed by atoms with Crippen molar-refractivity contribution in [3.8, 4) is 0 Å². The number of likely N-dealkylation sites (tertiary alicyclic amines) is 1. The minimum Gasteiger partial charge on any atom is -0.357 e. The first-order valence-electron chi connectivity index (χ1n) is 8.32. The second kappa shape index (κ2) is 7.01. The minimum atomic E-state index is -0.0115. The molecule has 1 unspecified atom stereocenters. The van der Waals surface area contributed by atoms with Crippen molar-refractivity contribution in [3.63, 3.8) is 0 Å². The highest BCUT2D eigenvalue weighted by molar-refractivity contribution is 5.92. The van der Waals surface area contributed by atoms with Crippen LogP contribution in [-0.4, -0.2) is 35.4 Å². The van der Waals surface area contributed by atoms with E-state index in [1.807, 2.05) is 6.07 Å². The summed E-state index contributed by atoms with van der Waals surface area (Å²) in [4.78, 5) is 17.4. The highest BCUT2D eigenvalue weighted by Gasteiger charge is 2.23. The van der Waals surface area contributed by atoms with E-state index >= 15 is 0 Å². The van der Waals surface area contributed by atoms with Crippen molar-refractivity contribution in [3.05, 3.63) is 58.9 Å². The van der Waals surface area contributed by atoms with Crippen LogP contribution in [0.3, 0.4) is 0 Å². The van der Waals surface area contributed by atoms with E-state index in [9.17, 15) is 4.79 Å². The molecular weight excluding hydrogens is 286 g/mol. The summed E-state index contributed by atoms with van der Waals surface area (Å²) in [7, 11) is 0. The Hall–Kier alpha value is -2.07. The van der Waals surface area contributed by atoms with Gasteiger partial charge in [-0.15, -0.1) is 0 Å². The number of carbonyl (C=O) groups excluding carboxylic acids is 1. The zero-order chi connectivity index (χ0) is 16.2. The predicted molar refractivity (Wildman–Crippen MR) is 92.4 cm³/mol. The van der Waals surface area contributed by atoms with E-state index in [2.05, 4.69) is 47.2 Å². The highest BCUT2D eigenvalue weighted by Crippen LogP contribution is 2.19. The van der Waals surface area contributed by atoms with Crippen LogP contribution in [-0.2, 0) is 6.54 Å². The zero-order valence-corrected chi connectivity index (χ0v) is 13.9. The Balaban J connectivity index is 1.46. The van der Waals surface area contributed by atoms with Gasteiger partial charge in [-0.25, -0.2) is 0 Å². The summed E-state index contributed by atoms with van der Waals surface area (Å²) in [5.41, 5.74) is 4.72. The van der Waals surface area contributed by atoms with Crippen LogP contribution in [0.25, 0.3) is 0 Å². The predicted octanol–water partition coefficient (Wildman–Crippen LogP) is 2.88.